The number of nitrogens with one attached hydrogen (secondary N) is 1. The predicted octanol–water partition coefficient (Wildman–Crippen LogP) is 1.57. The number of nitrogens with two attached hydrogens (primary N) is 1. The highest BCUT2D eigenvalue weighted by atomic mass is 16.3. The first-order valence-electron chi connectivity index (χ1n) is 6.46. The molecule has 5 heteroatoms. The molecule has 0 bridgehead atoms. The van der Waals surface area contributed by atoms with Gasteiger partial charge in [-0.25, -0.2) is 5.84 Å². The van der Waals surface area contributed by atoms with Crippen LogP contribution in [0.5, 0.6) is 0 Å². The molecule has 100 valence electrons. The molecule has 0 radical (unpaired) electrons. The van der Waals surface area contributed by atoms with E-state index in [4.69, 9.17) is 10.3 Å². The van der Waals surface area contributed by atoms with Gasteiger partial charge in [0, 0.05) is 6.04 Å². The molecule has 1 aromatic heterocycles. The highest BCUT2D eigenvalue weighted by molar-refractivity contribution is 5.94. The van der Waals surface area contributed by atoms with E-state index in [9.17, 15) is 4.79 Å². The first-order chi connectivity index (χ1) is 8.61. The van der Waals surface area contributed by atoms with Crippen molar-refractivity contribution in [3.63, 3.8) is 0 Å². The summed E-state index contributed by atoms with van der Waals surface area (Å²) in [6.45, 7) is 5.88. The molecule has 2 rings (SSSR count). The third-order valence-corrected chi connectivity index (χ3v) is 3.64. The molecule has 1 unspecified atom stereocenters. The van der Waals surface area contributed by atoms with Gasteiger partial charge in [0.25, 0.3) is 5.91 Å². The second-order valence-electron chi connectivity index (χ2n) is 4.97. The molecule has 1 fully saturated rings. The summed E-state index contributed by atoms with van der Waals surface area (Å²) < 4.78 is 5.63. The van der Waals surface area contributed by atoms with Crippen LogP contribution in [-0.4, -0.2) is 23.4 Å². The number of hydrogen-bond donors (Lipinski definition) is 2. The van der Waals surface area contributed by atoms with Crippen LogP contribution in [0.2, 0.25) is 0 Å². The molecule has 0 aromatic carbocycles. The van der Waals surface area contributed by atoms with Gasteiger partial charge in [-0.15, -0.1) is 0 Å². The number of aryl methyl sites for hydroxylation is 1. The molecule has 1 aliphatic rings. The van der Waals surface area contributed by atoms with Crippen LogP contribution in [0.4, 0.5) is 0 Å². The Balaban J connectivity index is 2.07. The first-order valence-corrected chi connectivity index (χ1v) is 6.46. The first kappa shape index (κ1) is 13.1. The average molecular weight is 251 g/mol. The minimum Gasteiger partial charge on any atom is -0.464 e. The monoisotopic (exact) mass is 251 g/mol. The fourth-order valence-electron chi connectivity index (χ4n) is 2.52. The Morgan fingerprint density at radius 1 is 1.61 bits per heavy atom. The molecule has 1 aromatic rings. The average Bonchev–Trinajstić information content (AvgIpc) is 2.72. The zero-order valence-electron chi connectivity index (χ0n) is 11.0. The summed E-state index contributed by atoms with van der Waals surface area (Å²) in [7, 11) is 0. The molecule has 1 atom stereocenters. The molecule has 0 spiro atoms. The topological polar surface area (TPSA) is 71.5 Å². The Kier molecular flexibility index (Phi) is 4.04. The maximum absolute atomic E-state index is 11.5. The Morgan fingerprint density at radius 2 is 2.39 bits per heavy atom. The van der Waals surface area contributed by atoms with Crippen molar-refractivity contribution >= 4 is 5.91 Å². The van der Waals surface area contributed by atoms with E-state index < -0.39 is 0 Å². The van der Waals surface area contributed by atoms with Gasteiger partial charge in [-0.3, -0.25) is 15.1 Å². The van der Waals surface area contributed by atoms with Crippen molar-refractivity contribution in [3.05, 3.63) is 23.2 Å². The van der Waals surface area contributed by atoms with E-state index >= 15 is 0 Å². The van der Waals surface area contributed by atoms with Gasteiger partial charge >= 0.3 is 0 Å². The number of hydrazine groups is 1. The van der Waals surface area contributed by atoms with Crippen LogP contribution < -0.4 is 11.3 Å². The van der Waals surface area contributed by atoms with E-state index in [1.54, 1.807) is 13.0 Å². The van der Waals surface area contributed by atoms with Crippen molar-refractivity contribution < 1.29 is 9.21 Å². The summed E-state index contributed by atoms with van der Waals surface area (Å²) in [6, 6.07) is 2.37. The number of nitrogens with zero attached hydrogens (tertiary/aromatic N) is 1. The van der Waals surface area contributed by atoms with Crippen molar-refractivity contribution in [1.82, 2.24) is 10.3 Å². The minimum absolute atomic E-state index is 0.297. The zero-order chi connectivity index (χ0) is 13.1. The van der Waals surface area contributed by atoms with Gasteiger partial charge in [-0.1, -0.05) is 6.42 Å². The van der Waals surface area contributed by atoms with Crippen molar-refractivity contribution in [2.45, 2.75) is 45.7 Å². The summed E-state index contributed by atoms with van der Waals surface area (Å²) in [5.41, 5.74) is 2.66. The van der Waals surface area contributed by atoms with Gasteiger partial charge in [-0.2, -0.15) is 0 Å². The maximum atomic E-state index is 11.5. The number of carbonyl (C=O) groups is 1. The Bertz CT molecular complexity index is 428. The zero-order valence-corrected chi connectivity index (χ0v) is 11.0. The van der Waals surface area contributed by atoms with E-state index in [0.717, 1.165) is 18.8 Å². The van der Waals surface area contributed by atoms with Crippen LogP contribution >= 0.6 is 0 Å². The molecule has 18 heavy (non-hydrogen) atoms. The third kappa shape index (κ3) is 2.73. The molecular formula is C13H21N3O2. The van der Waals surface area contributed by atoms with Crippen molar-refractivity contribution in [2.24, 2.45) is 5.84 Å². The van der Waals surface area contributed by atoms with E-state index in [2.05, 4.69) is 17.2 Å². The molecule has 2 heterocycles. The van der Waals surface area contributed by atoms with Crippen LogP contribution in [0.1, 0.15) is 48.1 Å². The standard InChI is InChI=1S/C13H21N3O2/c1-9-5-3-4-6-16(9)8-11-7-12(10(2)18-11)13(17)15-14/h7,9H,3-6,8,14H2,1-2H3,(H,15,17). The second-order valence-corrected chi connectivity index (χ2v) is 4.97. The van der Waals surface area contributed by atoms with Crippen molar-refractivity contribution in [2.75, 3.05) is 6.54 Å². The molecule has 5 nitrogen and oxygen atoms in total. The fraction of sp³-hybridized carbons (Fsp3) is 0.615. The summed E-state index contributed by atoms with van der Waals surface area (Å²) in [4.78, 5) is 13.9. The van der Waals surface area contributed by atoms with Crippen molar-refractivity contribution in [3.8, 4) is 0 Å². The third-order valence-electron chi connectivity index (χ3n) is 3.64. The van der Waals surface area contributed by atoms with Gasteiger partial charge in [0.2, 0.25) is 0 Å². The molecule has 0 saturated carbocycles. The lowest BCUT2D eigenvalue weighted by Crippen LogP contribution is -2.36. The Labute approximate surface area is 107 Å². The normalized spacial score (nSPS) is 20.9. The maximum Gasteiger partial charge on any atom is 0.268 e. The lowest BCUT2D eigenvalue weighted by atomic mass is 10.0. The van der Waals surface area contributed by atoms with Gasteiger partial charge in [0.1, 0.15) is 11.5 Å². The minimum atomic E-state index is -0.297. The van der Waals surface area contributed by atoms with E-state index in [1.807, 2.05) is 0 Å². The quantitative estimate of drug-likeness (QED) is 0.486. The Hall–Kier alpha value is -1.33. The van der Waals surface area contributed by atoms with Crippen LogP contribution in [0, 0.1) is 6.92 Å². The van der Waals surface area contributed by atoms with Crippen LogP contribution in [0.15, 0.2) is 10.5 Å². The Morgan fingerprint density at radius 3 is 3.06 bits per heavy atom. The molecule has 0 aliphatic carbocycles. The van der Waals surface area contributed by atoms with Crippen LogP contribution in [-0.2, 0) is 6.54 Å². The van der Waals surface area contributed by atoms with Crippen LogP contribution in [0.25, 0.3) is 0 Å². The molecule has 1 amide bonds. The number of furan rings is 1. The summed E-state index contributed by atoms with van der Waals surface area (Å²) in [5, 5.41) is 0. The lowest BCUT2D eigenvalue weighted by Gasteiger charge is -2.32. The number of carbonyl (C=O) groups excluding carboxylic acids is 1. The van der Waals surface area contributed by atoms with Gasteiger partial charge in [0.05, 0.1) is 12.1 Å². The number of piperidine rings is 1. The van der Waals surface area contributed by atoms with E-state index in [-0.39, 0.29) is 5.91 Å². The summed E-state index contributed by atoms with van der Waals surface area (Å²) in [5.74, 6) is 6.30. The van der Waals surface area contributed by atoms with Crippen LogP contribution in [0.3, 0.4) is 0 Å². The largest absolute Gasteiger partial charge is 0.464 e. The predicted molar refractivity (Wildman–Crippen MR) is 68.8 cm³/mol. The fourth-order valence-corrected chi connectivity index (χ4v) is 2.52. The SMILES string of the molecule is Cc1oc(CN2CCCCC2C)cc1C(=O)NN. The molecule has 3 N–H and O–H groups in total. The highest BCUT2D eigenvalue weighted by Crippen LogP contribution is 2.21. The number of rotatable bonds is 3. The highest BCUT2D eigenvalue weighted by Gasteiger charge is 2.21. The summed E-state index contributed by atoms with van der Waals surface area (Å²) >= 11 is 0. The second kappa shape index (κ2) is 5.54. The molecule has 1 aliphatic heterocycles. The number of nitrogen functional groups attached to an aromatic ring is 1. The van der Waals surface area contributed by atoms with Crippen molar-refractivity contribution in [1.29, 1.82) is 0 Å². The van der Waals surface area contributed by atoms with E-state index in [1.165, 1.54) is 19.3 Å². The lowest BCUT2D eigenvalue weighted by molar-refractivity contribution is 0.0952. The van der Waals surface area contributed by atoms with Gasteiger partial charge in [0.15, 0.2) is 0 Å². The van der Waals surface area contributed by atoms with E-state index in [0.29, 0.717) is 17.4 Å². The van der Waals surface area contributed by atoms with Gasteiger partial charge in [-0.05, 0) is 39.3 Å². The number of likely N-dealkylation sites (tertiary alicyclic amines) is 1. The summed E-state index contributed by atoms with van der Waals surface area (Å²) in [6.07, 6.45) is 3.77. The van der Waals surface area contributed by atoms with Gasteiger partial charge < -0.3 is 4.42 Å². The number of amides is 1. The number of hydrogen-bond acceptors (Lipinski definition) is 4. The molecular weight excluding hydrogens is 230 g/mol. The smallest absolute Gasteiger partial charge is 0.268 e. The molecule has 1 saturated heterocycles.